The molecule has 0 saturated carbocycles. The Kier molecular flexibility index (Phi) is 2.58. The average molecular weight is 232 g/mol. The quantitative estimate of drug-likeness (QED) is 0.291. The van der Waals surface area contributed by atoms with Gasteiger partial charge in [-0.3, -0.25) is 9.59 Å². The summed E-state index contributed by atoms with van der Waals surface area (Å²) < 4.78 is 0. The number of fused-ring (bicyclic) bond motifs is 1. The standard InChI is InChI=1S/C8H12N2O6/c11-1-2-3(12)4(13)5(14)6-9-7(15)8(16)10(2)6/h2-6,11-14H,1H2,(H,9,15)/t2-,3+,4-,5-,6-/m0/s1. The Bertz CT molecular complexity index is 334. The van der Waals surface area contributed by atoms with Crippen molar-refractivity contribution in [1.29, 1.82) is 0 Å². The van der Waals surface area contributed by atoms with Gasteiger partial charge in [0.05, 0.1) is 12.6 Å². The Morgan fingerprint density at radius 3 is 2.31 bits per heavy atom. The third-order valence-corrected chi connectivity index (χ3v) is 2.97. The van der Waals surface area contributed by atoms with Crippen LogP contribution in [0.1, 0.15) is 0 Å². The van der Waals surface area contributed by atoms with Crippen molar-refractivity contribution in [3.63, 3.8) is 0 Å². The van der Waals surface area contributed by atoms with Crippen LogP contribution in [-0.2, 0) is 9.59 Å². The Hall–Kier alpha value is -1.22. The Labute approximate surface area is 90.1 Å². The maximum Gasteiger partial charge on any atom is 0.314 e. The number of rotatable bonds is 1. The number of nitrogens with one attached hydrogen (secondary N) is 1. The van der Waals surface area contributed by atoms with Crippen LogP contribution in [0.4, 0.5) is 0 Å². The van der Waals surface area contributed by atoms with E-state index >= 15 is 0 Å². The van der Waals surface area contributed by atoms with Crippen molar-refractivity contribution in [3.05, 3.63) is 0 Å². The fraction of sp³-hybridized carbons (Fsp3) is 0.750. The van der Waals surface area contributed by atoms with Gasteiger partial charge in [-0.15, -0.1) is 0 Å². The van der Waals surface area contributed by atoms with Gasteiger partial charge in [-0.25, -0.2) is 0 Å². The monoisotopic (exact) mass is 232 g/mol. The molecule has 0 unspecified atom stereocenters. The fourth-order valence-electron chi connectivity index (χ4n) is 2.09. The van der Waals surface area contributed by atoms with Gasteiger partial charge < -0.3 is 30.6 Å². The largest absolute Gasteiger partial charge is 0.394 e. The summed E-state index contributed by atoms with van der Waals surface area (Å²) in [5.41, 5.74) is 0. The minimum Gasteiger partial charge on any atom is -0.394 e. The van der Waals surface area contributed by atoms with E-state index < -0.39 is 48.9 Å². The predicted octanol–water partition coefficient (Wildman–Crippen LogP) is -4.27. The Morgan fingerprint density at radius 2 is 1.75 bits per heavy atom. The van der Waals surface area contributed by atoms with E-state index in [-0.39, 0.29) is 0 Å². The van der Waals surface area contributed by atoms with Crippen LogP contribution in [0.3, 0.4) is 0 Å². The number of carbonyl (C=O) groups excluding carboxylic acids is 2. The molecule has 2 rings (SSSR count). The summed E-state index contributed by atoms with van der Waals surface area (Å²) in [5, 5.41) is 39.8. The van der Waals surface area contributed by atoms with Crippen molar-refractivity contribution in [2.45, 2.75) is 30.5 Å². The summed E-state index contributed by atoms with van der Waals surface area (Å²) in [4.78, 5) is 23.4. The SMILES string of the molecule is O=C1N[C@@H]2[C@@H](O)[C@@H](O)[C@H](O)[C@H](CO)N2C1=O. The molecule has 2 heterocycles. The molecule has 8 heteroatoms. The Balaban J connectivity index is 2.35. The summed E-state index contributed by atoms with van der Waals surface area (Å²) in [6.07, 6.45) is -5.60. The molecule has 0 bridgehead atoms. The van der Waals surface area contributed by atoms with Gasteiger partial charge in [-0.1, -0.05) is 0 Å². The van der Waals surface area contributed by atoms with Gasteiger partial charge in [-0.05, 0) is 0 Å². The third kappa shape index (κ3) is 1.31. The van der Waals surface area contributed by atoms with Gasteiger partial charge in [0.25, 0.3) is 0 Å². The summed E-state index contributed by atoms with van der Waals surface area (Å²) in [6.45, 7) is -0.609. The van der Waals surface area contributed by atoms with E-state index in [4.69, 9.17) is 5.11 Å². The summed E-state index contributed by atoms with van der Waals surface area (Å²) in [5.74, 6) is -1.86. The molecular weight excluding hydrogens is 220 g/mol. The van der Waals surface area contributed by atoms with Crippen molar-refractivity contribution in [2.24, 2.45) is 0 Å². The van der Waals surface area contributed by atoms with Crippen molar-refractivity contribution < 1.29 is 30.0 Å². The van der Waals surface area contributed by atoms with Gasteiger partial charge in [0.2, 0.25) is 0 Å². The number of nitrogens with zero attached hydrogens (tertiary/aromatic N) is 1. The van der Waals surface area contributed by atoms with E-state index in [2.05, 4.69) is 5.32 Å². The van der Waals surface area contributed by atoms with Crippen LogP contribution in [0.5, 0.6) is 0 Å². The van der Waals surface area contributed by atoms with E-state index in [9.17, 15) is 24.9 Å². The molecule has 2 aliphatic heterocycles. The van der Waals surface area contributed by atoms with Crippen LogP contribution in [0.15, 0.2) is 0 Å². The van der Waals surface area contributed by atoms with Crippen molar-refractivity contribution >= 4 is 11.8 Å². The average Bonchev–Trinajstić information content (AvgIpc) is 2.55. The first-order valence-corrected chi connectivity index (χ1v) is 4.77. The first-order chi connectivity index (χ1) is 7.49. The number of hydrogen-bond acceptors (Lipinski definition) is 6. The van der Waals surface area contributed by atoms with Gasteiger partial charge in [-0.2, -0.15) is 0 Å². The van der Waals surface area contributed by atoms with Crippen LogP contribution in [-0.4, -0.2) is 74.3 Å². The highest BCUT2D eigenvalue weighted by molar-refractivity contribution is 6.37. The van der Waals surface area contributed by atoms with Crippen LogP contribution in [0.25, 0.3) is 0 Å². The lowest BCUT2D eigenvalue weighted by atomic mass is 9.92. The number of aliphatic hydroxyl groups excluding tert-OH is 4. The summed E-state index contributed by atoms with van der Waals surface area (Å²) in [7, 11) is 0. The molecule has 2 fully saturated rings. The zero-order chi connectivity index (χ0) is 12.0. The van der Waals surface area contributed by atoms with Crippen LogP contribution in [0, 0.1) is 0 Å². The highest BCUT2D eigenvalue weighted by Gasteiger charge is 2.54. The maximum absolute atomic E-state index is 11.4. The van der Waals surface area contributed by atoms with E-state index in [1.165, 1.54) is 0 Å². The van der Waals surface area contributed by atoms with Crippen LogP contribution in [0.2, 0.25) is 0 Å². The number of amides is 2. The van der Waals surface area contributed by atoms with Crippen molar-refractivity contribution in [1.82, 2.24) is 10.2 Å². The number of carbonyl (C=O) groups is 2. The second-order valence-corrected chi connectivity index (χ2v) is 3.85. The molecule has 0 aliphatic carbocycles. The molecule has 5 N–H and O–H groups in total. The fourth-order valence-corrected chi connectivity index (χ4v) is 2.09. The van der Waals surface area contributed by atoms with E-state index in [0.717, 1.165) is 4.90 Å². The minimum absolute atomic E-state index is 0.609. The van der Waals surface area contributed by atoms with E-state index in [1.54, 1.807) is 0 Å². The highest BCUT2D eigenvalue weighted by Crippen LogP contribution is 2.26. The molecule has 0 aromatic carbocycles. The second kappa shape index (κ2) is 3.67. The highest BCUT2D eigenvalue weighted by atomic mass is 16.4. The van der Waals surface area contributed by atoms with Gasteiger partial charge in [0, 0.05) is 0 Å². The Morgan fingerprint density at radius 1 is 1.12 bits per heavy atom. The molecule has 0 spiro atoms. The summed E-state index contributed by atoms with van der Waals surface area (Å²) >= 11 is 0. The molecule has 2 saturated heterocycles. The summed E-state index contributed by atoms with van der Waals surface area (Å²) in [6, 6.07) is -1.10. The molecule has 0 aromatic rings. The molecule has 8 nitrogen and oxygen atoms in total. The topological polar surface area (TPSA) is 130 Å². The molecule has 90 valence electrons. The molecular formula is C8H12N2O6. The molecule has 5 atom stereocenters. The first-order valence-electron chi connectivity index (χ1n) is 4.77. The van der Waals surface area contributed by atoms with Crippen molar-refractivity contribution in [2.75, 3.05) is 6.61 Å². The van der Waals surface area contributed by atoms with Gasteiger partial charge >= 0.3 is 11.8 Å². The molecule has 16 heavy (non-hydrogen) atoms. The smallest absolute Gasteiger partial charge is 0.314 e. The second-order valence-electron chi connectivity index (χ2n) is 3.85. The van der Waals surface area contributed by atoms with Crippen LogP contribution < -0.4 is 5.32 Å². The van der Waals surface area contributed by atoms with Gasteiger partial charge in [0.15, 0.2) is 0 Å². The van der Waals surface area contributed by atoms with Gasteiger partial charge in [0.1, 0.15) is 24.5 Å². The lowest BCUT2D eigenvalue weighted by Gasteiger charge is -2.44. The van der Waals surface area contributed by atoms with E-state index in [0.29, 0.717) is 0 Å². The van der Waals surface area contributed by atoms with E-state index in [1.807, 2.05) is 0 Å². The normalized spacial score (nSPS) is 43.2. The number of piperidine rings is 1. The molecule has 2 aliphatic rings. The zero-order valence-electron chi connectivity index (χ0n) is 8.15. The number of hydrogen-bond donors (Lipinski definition) is 5. The zero-order valence-corrected chi connectivity index (χ0v) is 8.15. The molecule has 0 aromatic heterocycles. The number of aliphatic hydroxyl groups is 4. The third-order valence-electron chi connectivity index (χ3n) is 2.97. The lowest BCUT2D eigenvalue weighted by Crippen LogP contribution is -2.68. The first kappa shape index (κ1) is 11.3. The van der Waals surface area contributed by atoms with Crippen molar-refractivity contribution in [3.8, 4) is 0 Å². The molecule has 2 amide bonds. The predicted molar refractivity (Wildman–Crippen MR) is 47.7 cm³/mol. The van der Waals surface area contributed by atoms with Crippen LogP contribution >= 0.6 is 0 Å². The maximum atomic E-state index is 11.4. The lowest BCUT2D eigenvalue weighted by molar-refractivity contribution is -0.175. The minimum atomic E-state index is -1.52. The molecule has 0 radical (unpaired) electrons.